The number of nitrogen functional groups attached to an aromatic ring is 1. The third kappa shape index (κ3) is 3.09. The smallest absolute Gasteiger partial charge is 0.227 e. The molecule has 15 heavy (non-hydrogen) atoms. The number of hydrogen-bond donors (Lipinski definition) is 1. The largest absolute Gasteiger partial charge is 0.384 e. The number of nitrogens with zero attached hydrogens (tertiary/aromatic N) is 4. The van der Waals surface area contributed by atoms with E-state index < -0.39 is 0 Å². The molecule has 2 N–H and O–H groups in total. The van der Waals surface area contributed by atoms with E-state index in [9.17, 15) is 0 Å². The summed E-state index contributed by atoms with van der Waals surface area (Å²) in [5.41, 5.74) is 5.58. The van der Waals surface area contributed by atoms with Gasteiger partial charge in [-0.3, -0.25) is 0 Å². The predicted molar refractivity (Wildman–Crippen MR) is 59.2 cm³/mol. The van der Waals surface area contributed by atoms with Crippen molar-refractivity contribution in [2.24, 2.45) is 0 Å². The molecular formula is C10H15N5. The summed E-state index contributed by atoms with van der Waals surface area (Å²) < 4.78 is 0. The van der Waals surface area contributed by atoms with E-state index in [1.807, 2.05) is 18.7 Å². The van der Waals surface area contributed by atoms with Crippen LogP contribution in [0.2, 0.25) is 0 Å². The lowest BCUT2D eigenvalue weighted by Crippen LogP contribution is -2.33. The average Bonchev–Trinajstić information content (AvgIpc) is 2.18. The van der Waals surface area contributed by atoms with E-state index in [2.05, 4.69) is 16.0 Å². The first kappa shape index (κ1) is 11.2. The maximum atomic E-state index is 8.56. The maximum Gasteiger partial charge on any atom is 0.227 e. The molecule has 0 saturated carbocycles. The molecule has 0 spiro atoms. The van der Waals surface area contributed by atoms with Gasteiger partial charge in [-0.25, -0.2) is 4.98 Å². The molecule has 5 nitrogen and oxygen atoms in total. The zero-order valence-corrected chi connectivity index (χ0v) is 9.01. The highest BCUT2D eigenvalue weighted by Gasteiger charge is 2.12. The zero-order chi connectivity index (χ0) is 11.3. The molecule has 1 rings (SSSR count). The first-order chi connectivity index (χ1) is 7.15. The van der Waals surface area contributed by atoms with Gasteiger partial charge in [-0.05, 0) is 19.9 Å². The fraction of sp³-hybridized carbons (Fsp3) is 0.500. The van der Waals surface area contributed by atoms with Crippen LogP contribution in [0.1, 0.15) is 20.3 Å². The van der Waals surface area contributed by atoms with Crippen molar-refractivity contribution < 1.29 is 0 Å². The summed E-state index contributed by atoms with van der Waals surface area (Å²) in [5, 5.41) is 8.56. The number of aromatic nitrogens is 2. The molecule has 1 aromatic heterocycles. The minimum atomic E-state index is 0.250. The Labute approximate surface area is 89.6 Å². The molecule has 0 fully saturated rings. The van der Waals surface area contributed by atoms with Gasteiger partial charge in [0.1, 0.15) is 5.82 Å². The number of nitrogens with two attached hydrogens (primary N) is 1. The van der Waals surface area contributed by atoms with Crippen molar-refractivity contribution >= 4 is 11.8 Å². The number of nitriles is 1. The first-order valence-corrected chi connectivity index (χ1v) is 4.87. The Morgan fingerprint density at radius 1 is 1.60 bits per heavy atom. The van der Waals surface area contributed by atoms with Crippen LogP contribution in [0.15, 0.2) is 12.3 Å². The molecule has 5 heteroatoms. The molecule has 0 radical (unpaired) electrons. The lowest BCUT2D eigenvalue weighted by Gasteiger charge is -2.25. The van der Waals surface area contributed by atoms with Gasteiger partial charge < -0.3 is 10.6 Å². The van der Waals surface area contributed by atoms with Gasteiger partial charge in [0.15, 0.2) is 0 Å². The molecule has 1 heterocycles. The molecule has 0 amide bonds. The molecule has 0 atom stereocenters. The minimum Gasteiger partial charge on any atom is -0.384 e. The van der Waals surface area contributed by atoms with Crippen LogP contribution in [-0.2, 0) is 0 Å². The van der Waals surface area contributed by atoms with Crippen molar-refractivity contribution in [1.82, 2.24) is 9.97 Å². The molecule has 0 aromatic carbocycles. The number of rotatable bonds is 4. The summed E-state index contributed by atoms with van der Waals surface area (Å²) >= 11 is 0. The molecule has 0 aliphatic carbocycles. The van der Waals surface area contributed by atoms with Crippen LogP contribution in [0.3, 0.4) is 0 Å². The molecular weight excluding hydrogens is 190 g/mol. The monoisotopic (exact) mass is 205 g/mol. The fourth-order valence-electron chi connectivity index (χ4n) is 1.26. The second-order valence-electron chi connectivity index (χ2n) is 3.48. The Morgan fingerprint density at radius 2 is 2.33 bits per heavy atom. The number of anilines is 2. The van der Waals surface area contributed by atoms with Crippen LogP contribution < -0.4 is 10.6 Å². The van der Waals surface area contributed by atoms with Crippen molar-refractivity contribution in [2.45, 2.75) is 26.3 Å². The Hall–Kier alpha value is -1.83. The third-order valence-corrected chi connectivity index (χ3v) is 2.01. The number of hydrogen-bond acceptors (Lipinski definition) is 5. The molecule has 0 bridgehead atoms. The topological polar surface area (TPSA) is 78.8 Å². The van der Waals surface area contributed by atoms with Gasteiger partial charge in [0, 0.05) is 18.8 Å². The van der Waals surface area contributed by atoms with Crippen molar-refractivity contribution in [1.29, 1.82) is 5.26 Å². The minimum absolute atomic E-state index is 0.250. The van der Waals surface area contributed by atoms with Crippen molar-refractivity contribution in [3.63, 3.8) is 0 Å². The molecule has 0 aliphatic rings. The quantitative estimate of drug-likeness (QED) is 0.798. The molecule has 0 unspecified atom stereocenters. The van der Waals surface area contributed by atoms with Crippen LogP contribution in [0, 0.1) is 11.3 Å². The van der Waals surface area contributed by atoms with E-state index >= 15 is 0 Å². The van der Waals surface area contributed by atoms with Crippen molar-refractivity contribution in [3.8, 4) is 6.07 Å². The Bertz CT molecular complexity index is 355. The summed E-state index contributed by atoms with van der Waals surface area (Å²) in [6, 6.07) is 4.00. The predicted octanol–water partition coefficient (Wildman–Crippen LogP) is 1.19. The van der Waals surface area contributed by atoms with Crippen LogP contribution in [0.25, 0.3) is 0 Å². The van der Waals surface area contributed by atoms with Crippen molar-refractivity contribution in [2.75, 3.05) is 17.2 Å². The van der Waals surface area contributed by atoms with Gasteiger partial charge in [-0.1, -0.05) is 0 Å². The molecule has 80 valence electrons. The van der Waals surface area contributed by atoms with E-state index in [-0.39, 0.29) is 6.04 Å². The van der Waals surface area contributed by atoms with Gasteiger partial charge in [0.25, 0.3) is 0 Å². The van der Waals surface area contributed by atoms with Crippen LogP contribution in [0.5, 0.6) is 0 Å². The highest BCUT2D eigenvalue weighted by atomic mass is 15.3. The summed E-state index contributed by atoms with van der Waals surface area (Å²) in [5.74, 6) is 1.03. The standard InChI is InChI=1S/C10H15N5/c1-8(2)15(7-3-5-11)10-13-6-4-9(12)14-10/h4,6,8H,3,7H2,1-2H3,(H2,12,13,14). The van der Waals surface area contributed by atoms with Gasteiger partial charge in [-0.15, -0.1) is 0 Å². The SMILES string of the molecule is CC(C)N(CCC#N)c1nccc(N)n1. The lowest BCUT2D eigenvalue weighted by molar-refractivity contribution is 0.666. The van der Waals surface area contributed by atoms with E-state index in [1.54, 1.807) is 12.3 Å². The Morgan fingerprint density at radius 3 is 2.87 bits per heavy atom. The van der Waals surface area contributed by atoms with E-state index in [1.165, 1.54) is 0 Å². The second-order valence-corrected chi connectivity index (χ2v) is 3.48. The summed E-state index contributed by atoms with van der Waals surface area (Å²) in [7, 11) is 0. The fourth-order valence-corrected chi connectivity index (χ4v) is 1.26. The van der Waals surface area contributed by atoms with E-state index in [0.717, 1.165) is 0 Å². The zero-order valence-electron chi connectivity index (χ0n) is 9.01. The lowest BCUT2D eigenvalue weighted by atomic mass is 10.3. The van der Waals surface area contributed by atoms with Gasteiger partial charge in [0.05, 0.1) is 12.5 Å². The normalized spacial score (nSPS) is 10.0. The second kappa shape index (κ2) is 5.15. The first-order valence-electron chi connectivity index (χ1n) is 4.87. The third-order valence-electron chi connectivity index (χ3n) is 2.01. The maximum absolute atomic E-state index is 8.56. The van der Waals surface area contributed by atoms with Crippen LogP contribution >= 0.6 is 0 Å². The van der Waals surface area contributed by atoms with E-state index in [0.29, 0.717) is 24.7 Å². The Balaban J connectivity index is 2.84. The highest BCUT2D eigenvalue weighted by Crippen LogP contribution is 2.12. The summed E-state index contributed by atoms with van der Waals surface area (Å²) in [6.45, 7) is 4.69. The molecule has 1 aromatic rings. The van der Waals surface area contributed by atoms with Gasteiger partial charge in [-0.2, -0.15) is 10.2 Å². The summed E-state index contributed by atoms with van der Waals surface area (Å²) in [6.07, 6.45) is 2.08. The van der Waals surface area contributed by atoms with Crippen LogP contribution in [0.4, 0.5) is 11.8 Å². The Kier molecular flexibility index (Phi) is 3.86. The van der Waals surface area contributed by atoms with Crippen LogP contribution in [-0.4, -0.2) is 22.6 Å². The molecule has 0 aliphatic heterocycles. The average molecular weight is 205 g/mol. The van der Waals surface area contributed by atoms with Crippen molar-refractivity contribution in [3.05, 3.63) is 12.3 Å². The molecule has 0 saturated heterocycles. The highest BCUT2D eigenvalue weighted by molar-refractivity contribution is 5.38. The van der Waals surface area contributed by atoms with E-state index in [4.69, 9.17) is 11.0 Å². The van der Waals surface area contributed by atoms with Gasteiger partial charge in [0.2, 0.25) is 5.95 Å². The van der Waals surface area contributed by atoms with Gasteiger partial charge >= 0.3 is 0 Å². The summed E-state index contributed by atoms with van der Waals surface area (Å²) in [4.78, 5) is 10.2.